The summed E-state index contributed by atoms with van der Waals surface area (Å²) in [5.74, 6) is -0.811. The van der Waals surface area contributed by atoms with Crippen LogP contribution < -0.4 is 4.74 Å². The molecule has 0 unspecified atom stereocenters. The summed E-state index contributed by atoms with van der Waals surface area (Å²) < 4.78 is 45.6. The van der Waals surface area contributed by atoms with Gasteiger partial charge in [-0.3, -0.25) is 9.78 Å². The highest BCUT2D eigenvalue weighted by Gasteiger charge is 2.63. The van der Waals surface area contributed by atoms with Gasteiger partial charge in [0.2, 0.25) is 0 Å². The molecule has 1 N–H and O–H groups in total. The number of aromatic nitrogens is 1. The van der Waals surface area contributed by atoms with E-state index in [9.17, 15) is 23.1 Å². The number of hydrogen-bond acceptors (Lipinski definition) is 5. The molecule has 0 radical (unpaired) electrons. The van der Waals surface area contributed by atoms with Crippen molar-refractivity contribution in [2.45, 2.75) is 18.3 Å². The molecule has 0 spiro atoms. The van der Waals surface area contributed by atoms with Crippen LogP contribution in [0.15, 0.2) is 53.8 Å². The number of halogens is 3. The van der Waals surface area contributed by atoms with Gasteiger partial charge in [0.15, 0.2) is 0 Å². The van der Waals surface area contributed by atoms with Gasteiger partial charge in [0.1, 0.15) is 5.75 Å². The van der Waals surface area contributed by atoms with Gasteiger partial charge in [0, 0.05) is 11.8 Å². The van der Waals surface area contributed by atoms with Crippen LogP contribution in [0.25, 0.3) is 0 Å². The molecule has 9 heteroatoms. The highest BCUT2D eigenvalue weighted by Crippen LogP contribution is 2.41. The Morgan fingerprint density at radius 2 is 2.04 bits per heavy atom. The molecule has 1 aromatic carbocycles. The summed E-state index contributed by atoms with van der Waals surface area (Å²) in [6, 6.07) is 10.2. The predicted octanol–water partition coefficient (Wildman–Crippen LogP) is 2.59. The molecule has 136 valence electrons. The number of carbonyl (C=O) groups is 1. The lowest BCUT2D eigenvalue weighted by atomic mass is 10.0. The average molecular weight is 365 g/mol. The van der Waals surface area contributed by atoms with Gasteiger partial charge in [0.25, 0.3) is 11.6 Å². The molecule has 1 aromatic heterocycles. The topological polar surface area (TPSA) is 75.0 Å². The summed E-state index contributed by atoms with van der Waals surface area (Å²) in [5.41, 5.74) is -3.55. The van der Waals surface area contributed by atoms with E-state index in [-0.39, 0.29) is 22.0 Å². The third-order valence-corrected chi connectivity index (χ3v) is 3.91. The number of alkyl halides is 3. The second-order valence-corrected chi connectivity index (χ2v) is 5.60. The Morgan fingerprint density at radius 3 is 2.65 bits per heavy atom. The molecule has 1 atom stereocenters. The Balaban J connectivity index is 2.04. The van der Waals surface area contributed by atoms with E-state index < -0.39 is 24.2 Å². The monoisotopic (exact) mass is 365 g/mol. The van der Waals surface area contributed by atoms with Gasteiger partial charge in [-0.25, -0.2) is 0 Å². The van der Waals surface area contributed by atoms with E-state index in [0.29, 0.717) is 5.75 Å². The van der Waals surface area contributed by atoms with E-state index in [1.54, 1.807) is 18.2 Å². The molecule has 26 heavy (non-hydrogen) atoms. The molecule has 3 rings (SSSR count). The number of ether oxygens (including phenoxy) is 1. The zero-order valence-corrected chi connectivity index (χ0v) is 13.6. The van der Waals surface area contributed by atoms with Crippen molar-refractivity contribution in [2.75, 3.05) is 7.11 Å². The first-order valence-electron chi connectivity index (χ1n) is 7.53. The number of aliphatic hydroxyl groups is 1. The zero-order chi connectivity index (χ0) is 18.9. The number of pyridine rings is 1. The lowest BCUT2D eigenvalue weighted by molar-refractivity contribution is -0.297. The molecule has 2 heterocycles. The maximum absolute atomic E-state index is 13.5. The molecule has 1 amide bonds. The first-order valence-corrected chi connectivity index (χ1v) is 7.53. The van der Waals surface area contributed by atoms with Gasteiger partial charge in [-0.1, -0.05) is 12.1 Å². The van der Waals surface area contributed by atoms with E-state index in [1.807, 2.05) is 0 Å². The van der Waals surface area contributed by atoms with Crippen molar-refractivity contribution in [1.82, 2.24) is 9.99 Å². The van der Waals surface area contributed by atoms with Crippen LogP contribution in [0.1, 0.15) is 22.5 Å². The fraction of sp³-hybridized carbons (Fsp3) is 0.235. The van der Waals surface area contributed by atoms with Crippen LogP contribution in [-0.4, -0.2) is 45.7 Å². The highest BCUT2D eigenvalue weighted by molar-refractivity contribution is 6.04. The van der Waals surface area contributed by atoms with Crippen LogP contribution in [0.4, 0.5) is 13.2 Å². The van der Waals surface area contributed by atoms with Crippen LogP contribution in [0.5, 0.6) is 5.75 Å². The van der Waals surface area contributed by atoms with Crippen LogP contribution in [0.2, 0.25) is 0 Å². The minimum Gasteiger partial charge on any atom is -0.497 e. The Morgan fingerprint density at radius 1 is 1.27 bits per heavy atom. The molecular formula is C17H14F3N3O3. The smallest absolute Gasteiger partial charge is 0.438 e. The van der Waals surface area contributed by atoms with E-state index >= 15 is 0 Å². The van der Waals surface area contributed by atoms with Crippen LogP contribution in [-0.2, 0) is 0 Å². The Kier molecular flexibility index (Phi) is 4.41. The predicted molar refractivity (Wildman–Crippen MR) is 85.6 cm³/mol. The van der Waals surface area contributed by atoms with E-state index in [1.165, 1.54) is 37.6 Å². The third-order valence-electron chi connectivity index (χ3n) is 3.91. The van der Waals surface area contributed by atoms with E-state index in [2.05, 4.69) is 10.1 Å². The largest absolute Gasteiger partial charge is 0.497 e. The number of rotatable bonds is 3. The van der Waals surface area contributed by atoms with Crippen molar-refractivity contribution in [1.29, 1.82) is 0 Å². The van der Waals surface area contributed by atoms with Crippen molar-refractivity contribution < 1.29 is 27.8 Å². The van der Waals surface area contributed by atoms with Crippen molar-refractivity contribution >= 4 is 11.6 Å². The van der Waals surface area contributed by atoms with Crippen LogP contribution in [0.3, 0.4) is 0 Å². The zero-order valence-electron chi connectivity index (χ0n) is 13.6. The minimum atomic E-state index is -5.11. The Hall–Kier alpha value is -2.94. The first kappa shape index (κ1) is 17.9. The maximum atomic E-state index is 13.5. The minimum absolute atomic E-state index is 0.0613. The Bertz CT molecular complexity index is 855. The molecule has 1 aliphatic heterocycles. The average Bonchev–Trinajstić information content (AvgIpc) is 3.01. The van der Waals surface area contributed by atoms with Gasteiger partial charge in [-0.2, -0.15) is 23.3 Å². The summed E-state index contributed by atoms with van der Waals surface area (Å²) in [6.07, 6.45) is -4.64. The number of benzene rings is 1. The van der Waals surface area contributed by atoms with Gasteiger partial charge in [-0.05, 0) is 30.3 Å². The summed E-state index contributed by atoms with van der Waals surface area (Å²) in [6.45, 7) is 0. The SMILES string of the molecule is COc1cccc(C(=O)N2N=C(c3ccccn3)C[C@@]2(O)C(F)(F)F)c1. The third kappa shape index (κ3) is 3.01. The fourth-order valence-corrected chi connectivity index (χ4v) is 2.53. The highest BCUT2D eigenvalue weighted by atomic mass is 19.4. The maximum Gasteiger partial charge on any atom is 0.438 e. The summed E-state index contributed by atoms with van der Waals surface area (Å²) in [7, 11) is 1.36. The van der Waals surface area contributed by atoms with Crippen LogP contribution >= 0.6 is 0 Å². The van der Waals surface area contributed by atoms with E-state index in [4.69, 9.17) is 4.74 Å². The summed E-state index contributed by atoms with van der Waals surface area (Å²) in [5, 5.41) is 14.1. The van der Waals surface area contributed by atoms with Crippen molar-refractivity contribution in [3.05, 3.63) is 59.9 Å². The molecule has 1 aliphatic rings. The van der Waals surface area contributed by atoms with Gasteiger partial charge < -0.3 is 9.84 Å². The molecule has 0 saturated carbocycles. The number of carbonyl (C=O) groups excluding carboxylic acids is 1. The Labute approximate surface area is 146 Å². The molecule has 2 aromatic rings. The number of nitrogens with zero attached hydrogens (tertiary/aromatic N) is 3. The number of hydrazone groups is 1. The van der Waals surface area contributed by atoms with Gasteiger partial charge in [-0.15, -0.1) is 0 Å². The van der Waals surface area contributed by atoms with Gasteiger partial charge in [0.05, 0.1) is 24.9 Å². The second-order valence-electron chi connectivity index (χ2n) is 5.60. The van der Waals surface area contributed by atoms with E-state index in [0.717, 1.165) is 0 Å². The number of methoxy groups -OCH3 is 1. The lowest BCUT2D eigenvalue weighted by Crippen LogP contribution is -2.56. The van der Waals surface area contributed by atoms with Crippen molar-refractivity contribution in [3.63, 3.8) is 0 Å². The van der Waals surface area contributed by atoms with Crippen molar-refractivity contribution in [2.24, 2.45) is 5.10 Å². The molecule has 0 fully saturated rings. The van der Waals surface area contributed by atoms with Crippen LogP contribution in [0, 0.1) is 0 Å². The van der Waals surface area contributed by atoms with Gasteiger partial charge >= 0.3 is 6.18 Å². The first-order chi connectivity index (χ1) is 12.3. The number of hydrogen-bond donors (Lipinski definition) is 1. The molecule has 0 saturated heterocycles. The second kappa shape index (κ2) is 6.41. The lowest BCUT2D eigenvalue weighted by Gasteiger charge is -2.32. The number of amides is 1. The quantitative estimate of drug-likeness (QED) is 0.907. The standard InChI is InChI=1S/C17H14F3N3O3/c1-26-12-6-4-5-11(9-12)15(24)23-16(25,17(18,19)20)10-14(22-23)13-7-2-3-8-21-13/h2-9,25H,10H2,1H3/t16-/m1/s1. The van der Waals surface area contributed by atoms with Crippen molar-refractivity contribution in [3.8, 4) is 5.75 Å². The molecular weight excluding hydrogens is 351 g/mol. The molecule has 0 aliphatic carbocycles. The normalized spacial score (nSPS) is 20.0. The molecule has 6 nitrogen and oxygen atoms in total. The molecule has 0 bridgehead atoms. The fourth-order valence-electron chi connectivity index (χ4n) is 2.53. The summed E-state index contributed by atoms with van der Waals surface area (Å²) in [4.78, 5) is 16.6. The summed E-state index contributed by atoms with van der Waals surface area (Å²) >= 11 is 0.